The number of hydrogen-bond donors (Lipinski definition) is 3. The molecule has 1 heterocycles. The van der Waals surface area contributed by atoms with Crippen molar-refractivity contribution in [2.45, 2.75) is 32.9 Å². The van der Waals surface area contributed by atoms with Gasteiger partial charge in [-0.05, 0) is 26.8 Å². The molecule has 1 amide bonds. The quantitative estimate of drug-likeness (QED) is 0.681. The maximum Gasteiger partial charge on any atom is 0.408 e. The third kappa shape index (κ3) is 4.69. The molecule has 2 atom stereocenters. The smallest absolute Gasteiger partial charge is 0.408 e. The summed E-state index contributed by atoms with van der Waals surface area (Å²) in [6.45, 7) is 4.85. The van der Waals surface area contributed by atoms with Crippen LogP contribution >= 0.6 is 11.3 Å². The average molecular weight is 362 g/mol. The molecule has 1 aromatic heterocycles. The first-order valence-corrected chi connectivity index (χ1v) is 8.45. The summed E-state index contributed by atoms with van der Waals surface area (Å²) in [7, 11) is 0. The van der Waals surface area contributed by atoms with Gasteiger partial charge in [0.2, 0.25) is 0 Å². The van der Waals surface area contributed by atoms with E-state index in [0.717, 1.165) is 5.01 Å². The van der Waals surface area contributed by atoms with Crippen molar-refractivity contribution in [3.63, 3.8) is 0 Å². The highest BCUT2D eigenvalue weighted by atomic mass is 32.1. The molecule has 0 aliphatic heterocycles. The van der Waals surface area contributed by atoms with E-state index in [9.17, 15) is 9.18 Å². The van der Waals surface area contributed by atoms with Gasteiger partial charge in [-0.25, -0.2) is 14.2 Å². The average Bonchev–Trinajstić information content (AvgIpc) is 2.98. The fourth-order valence-electron chi connectivity index (χ4n) is 2.21. The van der Waals surface area contributed by atoms with Crippen molar-refractivity contribution < 1.29 is 13.9 Å². The monoisotopic (exact) mass is 362 g/mol. The van der Waals surface area contributed by atoms with Crippen LogP contribution in [0.25, 0.3) is 0 Å². The summed E-state index contributed by atoms with van der Waals surface area (Å²) in [6, 6.07) is 5.07. The number of nitrogens with one attached hydrogen (secondary N) is 3. The van der Waals surface area contributed by atoms with E-state index < -0.39 is 24.1 Å². The second kappa shape index (κ2) is 7.98. The molecule has 0 radical (unpaired) electrons. The minimum absolute atomic E-state index is 0.00680. The summed E-state index contributed by atoms with van der Waals surface area (Å²) in [5, 5.41) is 21.0. The minimum atomic E-state index is -0.957. The Labute approximate surface area is 149 Å². The molecule has 8 heteroatoms. The van der Waals surface area contributed by atoms with Crippen LogP contribution in [0.5, 0.6) is 0 Å². The van der Waals surface area contributed by atoms with Gasteiger partial charge in [0, 0.05) is 16.7 Å². The molecule has 0 aliphatic carbocycles. The Morgan fingerprint density at radius 3 is 2.60 bits per heavy atom. The standard InChI is InChI=1S/C17H19FN4O2S/c1-9(19)16(15(20)14-8-25-11(3)21-14)22-17(23)24-10(2)12-6-4-5-7-13(12)18/h4-8,10,16,19-20H,1-3H3,(H,22,23). The van der Waals surface area contributed by atoms with Crippen molar-refractivity contribution in [1.29, 1.82) is 10.8 Å². The summed E-state index contributed by atoms with van der Waals surface area (Å²) in [5.74, 6) is -0.465. The molecule has 1 aromatic carbocycles. The van der Waals surface area contributed by atoms with Gasteiger partial charge in [-0.15, -0.1) is 11.3 Å². The number of aromatic nitrogens is 1. The Bertz CT molecular complexity index is 805. The Morgan fingerprint density at radius 2 is 2.04 bits per heavy atom. The first-order valence-electron chi connectivity index (χ1n) is 7.57. The number of aryl methyl sites for hydroxylation is 1. The zero-order valence-corrected chi connectivity index (χ0v) is 14.9. The highest BCUT2D eigenvalue weighted by Gasteiger charge is 2.24. The fourth-order valence-corrected chi connectivity index (χ4v) is 2.83. The van der Waals surface area contributed by atoms with Crippen LogP contribution in [-0.2, 0) is 4.74 Å². The Balaban J connectivity index is 2.07. The highest BCUT2D eigenvalue weighted by Crippen LogP contribution is 2.20. The van der Waals surface area contributed by atoms with Gasteiger partial charge < -0.3 is 20.9 Å². The van der Waals surface area contributed by atoms with Gasteiger partial charge in [0.05, 0.1) is 16.4 Å². The number of carbonyl (C=O) groups is 1. The van der Waals surface area contributed by atoms with Gasteiger partial charge in [-0.1, -0.05) is 18.2 Å². The molecule has 6 nitrogen and oxygen atoms in total. The van der Waals surface area contributed by atoms with Crippen LogP contribution in [0, 0.1) is 23.6 Å². The first-order chi connectivity index (χ1) is 11.8. The number of nitrogens with zero attached hydrogens (tertiary/aromatic N) is 1. The predicted octanol–water partition coefficient (Wildman–Crippen LogP) is 3.85. The molecule has 0 fully saturated rings. The molecule has 2 aromatic rings. The van der Waals surface area contributed by atoms with E-state index in [4.69, 9.17) is 15.6 Å². The van der Waals surface area contributed by atoms with Gasteiger partial charge >= 0.3 is 6.09 Å². The lowest BCUT2D eigenvalue weighted by atomic mass is 10.1. The van der Waals surface area contributed by atoms with Crippen LogP contribution in [0.1, 0.15) is 36.2 Å². The van der Waals surface area contributed by atoms with E-state index in [2.05, 4.69) is 10.3 Å². The molecule has 3 N–H and O–H groups in total. The number of alkyl carbamates (subject to hydrolysis) is 1. The Morgan fingerprint density at radius 1 is 1.36 bits per heavy atom. The number of halogens is 1. The largest absolute Gasteiger partial charge is 0.442 e. The van der Waals surface area contributed by atoms with Crippen molar-refractivity contribution in [1.82, 2.24) is 10.3 Å². The number of ether oxygens (including phenoxy) is 1. The fraction of sp³-hybridized carbons (Fsp3) is 0.294. The van der Waals surface area contributed by atoms with E-state index in [1.54, 1.807) is 24.4 Å². The second-order valence-corrected chi connectivity index (χ2v) is 6.56. The van der Waals surface area contributed by atoms with Gasteiger partial charge in [0.15, 0.2) is 0 Å². The van der Waals surface area contributed by atoms with Crippen molar-refractivity contribution in [3.8, 4) is 0 Å². The van der Waals surface area contributed by atoms with Gasteiger partial charge in [-0.2, -0.15) is 0 Å². The molecular weight excluding hydrogens is 343 g/mol. The molecular formula is C17H19FN4O2S. The molecule has 0 spiro atoms. The molecule has 0 saturated carbocycles. The predicted molar refractivity (Wildman–Crippen MR) is 95.3 cm³/mol. The summed E-state index contributed by atoms with van der Waals surface area (Å²) < 4.78 is 18.9. The molecule has 0 bridgehead atoms. The van der Waals surface area contributed by atoms with E-state index in [-0.39, 0.29) is 17.0 Å². The molecule has 0 saturated heterocycles. The summed E-state index contributed by atoms with van der Waals surface area (Å²) in [6.07, 6.45) is -1.63. The normalized spacial score (nSPS) is 13.0. The SMILES string of the molecule is CC(=N)C(NC(=O)OC(C)c1ccccc1F)C(=N)c1csc(C)n1. The summed E-state index contributed by atoms with van der Waals surface area (Å²) in [5.41, 5.74) is 0.742. The van der Waals surface area contributed by atoms with Crippen molar-refractivity contribution in [2.75, 3.05) is 0 Å². The zero-order valence-electron chi connectivity index (χ0n) is 14.1. The lowest BCUT2D eigenvalue weighted by Gasteiger charge is -2.20. The van der Waals surface area contributed by atoms with Crippen molar-refractivity contribution in [2.24, 2.45) is 0 Å². The molecule has 25 heavy (non-hydrogen) atoms. The van der Waals surface area contributed by atoms with Crippen LogP contribution in [0.2, 0.25) is 0 Å². The number of carbonyl (C=O) groups excluding carboxylic acids is 1. The molecule has 2 rings (SSSR count). The van der Waals surface area contributed by atoms with Crippen LogP contribution in [-0.4, -0.2) is 28.5 Å². The van der Waals surface area contributed by atoms with Crippen LogP contribution in [0.3, 0.4) is 0 Å². The number of amides is 1. The van der Waals surface area contributed by atoms with Crippen molar-refractivity contribution >= 4 is 28.9 Å². The van der Waals surface area contributed by atoms with Gasteiger partial charge in [-0.3, -0.25) is 0 Å². The lowest BCUT2D eigenvalue weighted by Crippen LogP contribution is -2.46. The maximum absolute atomic E-state index is 13.7. The number of thiazole rings is 1. The third-order valence-electron chi connectivity index (χ3n) is 3.51. The zero-order chi connectivity index (χ0) is 18.6. The third-order valence-corrected chi connectivity index (χ3v) is 4.28. The number of benzene rings is 1. The Hall–Kier alpha value is -2.61. The van der Waals surface area contributed by atoms with E-state index in [0.29, 0.717) is 5.69 Å². The molecule has 0 aliphatic rings. The summed E-state index contributed by atoms with van der Waals surface area (Å²) in [4.78, 5) is 16.3. The molecule has 132 valence electrons. The van der Waals surface area contributed by atoms with Crippen molar-refractivity contribution in [3.05, 3.63) is 51.7 Å². The highest BCUT2D eigenvalue weighted by molar-refractivity contribution is 7.09. The molecule has 2 unspecified atom stereocenters. The first kappa shape index (κ1) is 18.7. The van der Waals surface area contributed by atoms with Gasteiger partial charge in [0.1, 0.15) is 18.0 Å². The minimum Gasteiger partial charge on any atom is -0.442 e. The van der Waals surface area contributed by atoms with Gasteiger partial charge in [0.25, 0.3) is 0 Å². The topological polar surface area (TPSA) is 98.9 Å². The summed E-state index contributed by atoms with van der Waals surface area (Å²) >= 11 is 1.38. The lowest BCUT2D eigenvalue weighted by molar-refractivity contribution is 0.105. The Kier molecular flexibility index (Phi) is 5.97. The van der Waals surface area contributed by atoms with Crippen LogP contribution in [0.4, 0.5) is 9.18 Å². The van der Waals surface area contributed by atoms with E-state index >= 15 is 0 Å². The van der Waals surface area contributed by atoms with Crippen LogP contribution in [0.15, 0.2) is 29.6 Å². The number of hydrogen-bond acceptors (Lipinski definition) is 6. The second-order valence-electron chi connectivity index (χ2n) is 5.49. The van der Waals surface area contributed by atoms with E-state index in [1.807, 2.05) is 6.92 Å². The van der Waals surface area contributed by atoms with E-state index in [1.165, 1.54) is 30.4 Å². The number of rotatable bonds is 6. The van der Waals surface area contributed by atoms with Crippen LogP contribution < -0.4 is 5.32 Å². The maximum atomic E-state index is 13.7.